The number of amides is 1. The molecule has 0 spiro atoms. The molecule has 1 aromatic carbocycles. The van der Waals surface area contributed by atoms with Gasteiger partial charge >= 0.3 is 0 Å². The molecule has 1 amide bonds. The summed E-state index contributed by atoms with van der Waals surface area (Å²) in [7, 11) is 0. The molecule has 18 heavy (non-hydrogen) atoms. The number of benzene rings is 1. The molecule has 1 aromatic rings. The van der Waals surface area contributed by atoms with Gasteiger partial charge in [0.2, 0.25) is 5.91 Å². The molecular weight excluding hydrogens is 244 g/mol. The Morgan fingerprint density at radius 2 is 2.17 bits per heavy atom. The Labute approximate surface area is 112 Å². The van der Waals surface area contributed by atoms with Crippen LogP contribution in [-0.4, -0.2) is 24.0 Å². The summed E-state index contributed by atoms with van der Waals surface area (Å²) in [5.41, 5.74) is 0.716. The summed E-state index contributed by atoms with van der Waals surface area (Å²) in [6, 6.07) is 11.1. The fourth-order valence-electron chi connectivity index (χ4n) is 1.41. The highest BCUT2D eigenvalue weighted by Crippen LogP contribution is 2.14. The van der Waals surface area contributed by atoms with Crippen LogP contribution in [-0.2, 0) is 4.79 Å². The van der Waals surface area contributed by atoms with E-state index in [0.717, 1.165) is 5.75 Å². The van der Waals surface area contributed by atoms with Crippen LogP contribution in [0.15, 0.2) is 30.3 Å². The van der Waals surface area contributed by atoms with Crippen molar-refractivity contribution in [1.29, 1.82) is 5.26 Å². The monoisotopic (exact) mass is 258 g/mol. The first kappa shape index (κ1) is 14.2. The highest BCUT2D eigenvalue weighted by molar-refractivity contribution is 7.99. The number of nitriles is 1. The van der Waals surface area contributed by atoms with Gasteiger partial charge in [0.25, 0.3) is 0 Å². The fourth-order valence-corrected chi connectivity index (χ4v) is 1.92. The first-order valence-corrected chi connectivity index (χ1v) is 6.68. The Bertz CT molecular complexity index is 459. The molecule has 1 atom stereocenters. The second-order valence-electron chi connectivity index (χ2n) is 3.52. The average molecular weight is 258 g/mol. The van der Waals surface area contributed by atoms with Gasteiger partial charge in [0, 0.05) is 12.3 Å². The molecule has 0 bridgehead atoms. The van der Waals surface area contributed by atoms with Gasteiger partial charge in [0.15, 0.2) is 0 Å². The first-order chi connectivity index (χ1) is 8.79. The van der Waals surface area contributed by atoms with Crippen LogP contribution in [0.4, 0.5) is 0 Å². The molecule has 4 heteroatoms. The Morgan fingerprint density at radius 3 is 2.78 bits per heavy atom. The average Bonchev–Trinajstić information content (AvgIpc) is 2.40. The molecule has 1 rings (SSSR count). The maximum Gasteiger partial charge on any atom is 0.241 e. The molecule has 0 radical (unpaired) electrons. The van der Waals surface area contributed by atoms with E-state index in [1.165, 1.54) is 0 Å². The quantitative estimate of drug-likeness (QED) is 0.625. The third kappa shape index (κ3) is 4.53. The smallest absolute Gasteiger partial charge is 0.241 e. The maximum absolute atomic E-state index is 11.8. The Hall–Kier alpha value is -1.91. The molecule has 0 saturated carbocycles. The molecule has 0 aliphatic carbocycles. The lowest BCUT2D eigenvalue weighted by atomic mass is 10.00. The van der Waals surface area contributed by atoms with E-state index >= 15 is 0 Å². The van der Waals surface area contributed by atoms with E-state index in [1.54, 1.807) is 23.9 Å². The Morgan fingerprint density at radius 1 is 1.44 bits per heavy atom. The minimum atomic E-state index is -0.746. The SMILES string of the molecule is C#CCSCCNC(=O)C(C#N)c1ccccc1. The lowest BCUT2D eigenvalue weighted by molar-refractivity contribution is -0.121. The van der Waals surface area contributed by atoms with Crippen LogP contribution in [0.25, 0.3) is 0 Å². The van der Waals surface area contributed by atoms with Crippen molar-refractivity contribution in [3.05, 3.63) is 35.9 Å². The number of nitrogens with one attached hydrogen (secondary N) is 1. The minimum absolute atomic E-state index is 0.259. The highest BCUT2D eigenvalue weighted by atomic mass is 32.2. The number of terminal acetylenes is 1. The molecule has 0 heterocycles. The topological polar surface area (TPSA) is 52.9 Å². The molecule has 0 aliphatic rings. The molecular formula is C14H14N2OS. The van der Waals surface area contributed by atoms with Crippen LogP contribution in [0.5, 0.6) is 0 Å². The van der Waals surface area contributed by atoms with E-state index in [4.69, 9.17) is 11.7 Å². The van der Waals surface area contributed by atoms with Gasteiger partial charge in [0.1, 0.15) is 5.92 Å². The lowest BCUT2D eigenvalue weighted by Crippen LogP contribution is -2.30. The summed E-state index contributed by atoms with van der Waals surface area (Å²) in [5, 5.41) is 11.8. The zero-order valence-electron chi connectivity index (χ0n) is 9.93. The van der Waals surface area contributed by atoms with Crippen molar-refractivity contribution in [3.8, 4) is 18.4 Å². The number of carbonyl (C=O) groups is 1. The van der Waals surface area contributed by atoms with Gasteiger partial charge in [-0.2, -0.15) is 5.26 Å². The zero-order chi connectivity index (χ0) is 13.2. The predicted molar refractivity (Wildman–Crippen MR) is 74.0 cm³/mol. The van der Waals surface area contributed by atoms with Gasteiger partial charge in [-0.05, 0) is 5.56 Å². The van der Waals surface area contributed by atoms with E-state index in [2.05, 4.69) is 11.2 Å². The van der Waals surface area contributed by atoms with E-state index < -0.39 is 5.92 Å². The second-order valence-corrected chi connectivity index (χ2v) is 4.63. The highest BCUT2D eigenvalue weighted by Gasteiger charge is 2.18. The molecule has 0 aliphatic heterocycles. The van der Waals surface area contributed by atoms with Gasteiger partial charge < -0.3 is 5.32 Å². The molecule has 1 unspecified atom stereocenters. The van der Waals surface area contributed by atoms with Crippen molar-refractivity contribution < 1.29 is 4.79 Å². The van der Waals surface area contributed by atoms with Crippen molar-refractivity contribution in [2.24, 2.45) is 0 Å². The lowest BCUT2D eigenvalue weighted by Gasteiger charge is -2.09. The first-order valence-electron chi connectivity index (χ1n) is 5.53. The van der Waals surface area contributed by atoms with Crippen LogP contribution in [0, 0.1) is 23.7 Å². The van der Waals surface area contributed by atoms with E-state index in [1.807, 2.05) is 24.3 Å². The van der Waals surface area contributed by atoms with Crippen LogP contribution >= 0.6 is 11.8 Å². The van der Waals surface area contributed by atoms with Crippen LogP contribution < -0.4 is 5.32 Å². The largest absolute Gasteiger partial charge is 0.354 e. The number of hydrogen-bond donors (Lipinski definition) is 1. The molecule has 0 fully saturated rings. The van der Waals surface area contributed by atoms with Crippen molar-refractivity contribution in [2.75, 3.05) is 18.1 Å². The molecule has 0 saturated heterocycles. The summed E-state index contributed by atoms with van der Waals surface area (Å²) >= 11 is 1.58. The van der Waals surface area contributed by atoms with Crippen molar-refractivity contribution >= 4 is 17.7 Å². The number of thioether (sulfide) groups is 1. The summed E-state index contributed by atoms with van der Waals surface area (Å²) < 4.78 is 0. The number of nitrogens with zero attached hydrogens (tertiary/aromatic N) is 1. The zero-order valence-corrected chi connectivity index (χ0v) is 10.7. The molecule has 1 N–H and O–H groups in total. The molecule has 0 aromatic heterocycles. The van der Waals surface area contributed by atoms with Crippen LogP contribution in [0.1, 0.15) is 11.5 Å². The Balaban J connectivity index is 2.45. The molecule has 3 nitrogen and oxygen atoms in total. The van der Waals surface area contributed by atoms with E-state index in [-0.39, 0.29) is 5.91 Å². The number of rotatable bonds is 6. The summed E-state index contributed by atoms with van der Waals surface area (Å²) in [6.07, 6.45) is 5.12. The van der Waals surface area contributed by atoms with Gasteiger partial charge in [-0.1, -0.05) is 36.3 Å². The maximum atomic E-state index is 11.8. The third-order valence-electron chi connectivity index (χ3n) is 2.26. The van der Waals surface area contributed by atoms with Crippen molar-refractivity contribution in [1.82, 2.24) is 5.32 Å². The predicted octanol–water partition coefficient (Wildman–Crippen LogP) is 1.78. The van der Waals surface area contributed by atoms with Gasteiger partial charge in [0.05, 0.1) is 11.8 Å². The van der Waals surface area contributed by atoms with E-state index in [0.29, 0.717) is 17.9 Å². The Kier molecular flexibility index (Phi) is 6.46. The number of carbonyl (C=O) groups excluding carboxylic acids is 1. The fraction of sp³-hybridized carbons (Fsp3) is 0.286. The minimum Gasteiger partial charge on any atom is -0.354 e. The number of hydrogen-bond acceptors (Lipinski definition) is 3. The van der Waals surface area contributed by atoms with Crippen molar-refractivity contribution in [2.45, 2.75) is 5.92 Å². The second kappa shape index (κ2) is 8.22. The van der Waals surface area contributed by atoms with Gasteiger partial charge in [-0.15, -0.1) is 18.2 Å². The summed E-state index contributed by atoms with van der Waals surface area (Å²) in [5.74, 6) is 2.90. The van der Waals surface area contributed by atoms with E-state index in [9.17, 15) is 4.79 Å². The van der Waals surface area contributed by atoms with Crippen molar-refractivity contribution in [3.63, 3.8) is 0 Å². The summed E-state index contributed by atoms with van der Waals surface area (Å²) in [4.78, 5) is 11.8. The van der Waals surface area contributed by atoms with Gasteiger partial charge in [-0.25, -0.2) is 0 Å². The third-order valence-corrected chi connectivity index (χ3v) is 3.12. The molecule has 92 valence electrons. The van der Waals surface area contributed by atoms with Crippen LogP contribution in [0.3, 0.4) is 0 Å². The summed E-state index contributed by atoms with van der Waals surface area (Å²) in [6.45, 7) is 0.524. The van der Waals surface area contributed by atoms with Gasteiger partial charge in [-0.3, -0.25) is 4.79 Å². The van der Waals surface area contributed by atoms with Crippen LogP contribution in [0.2, 0.25) is 0 Å². The normalized spacial score (nSPS) is 11.0. The standard InChI is InChI=1S/C14H14N2OS/c1-2-9-18-10-8-16-14(17)13(11-15)12-6-4-3-5-7-12/h1,3-7,13H,8-10H2,(H,16,17).